The minimum absolute atomic E-state index is 0.141. The molecular formula is C21H23N7O2S. The normalized spacial score (nSPS) is 23.2. The van der Waals surface area contributed by atoms with Crippen LogP contribution in [-0.2, 0) is 10.0 Å². The van der Waals surface area contributed by atoms with Crippen LogP contribution in [0.2, 0.25) is 0 Å². The van der Waals surface area contributed by atoms with Gasteiger partial charge >= 0.3 is 0 Å². The first-order valence-electron chi connectivity index (χ1n) is 10.7. The summed E-state index contributed by atoms with van der Waals surface area (Å²) in [5, 5.41) is 11.1. The lowest BCUT2D eigenvalue weighted by Crippen LogP contribution is -2.50. The molecule has 2 N–H and O–H groups in total. The maximum Gasteiger partial charge on any atom is 0.242 e. The molecule has 2 saturated heterocycles. The lowest BCUT2D eigenvalue weighted by molar-refractivity contribution is 0.230. The van der Waals surface area contributed by atoms with E-state index in [1.807, 2.05) is 6.07 Å². The highest BCUT2D eigenvalue weighted by Crippen LogP contribution is 2.37. The predicted molar refractivity (Wildman–Crippen MR) is 116 cm³/mol. The summed E-state index contributed by atoms with van der Waals surface area (Å²) in [6.07, 6.45) is 5.13. The Hall–Kier alpha value is -2.74. The van der Waals surface area contributed by atoms with Gasteiger partial charge in [-0.1, -0.05) is 6.07 Å². The Kier molecular flexibility index (Phi) is 4.06. The SMILES string of the molecule is N#CC1(NS(=O)(=O)c2ccc3c(c2)[nH]c2ncnc(N4CCN5CCCC5C4)c23)CC1. The summed E-state index contributed by atoms with van der Waals surface area (Å²) >= 11 is 0. The Balaban J connectivity index is 1.40. The van der Waals surface area contributed by atoms with Crippen LogP contribution in [0.5, 0.6) is 0 Å². The van der Waals surface area contributed by atoms with Gasteiger partial charge in [0.2, 0.25) is 10.0 Å². The molecule has 31 heavy (non-hydrogen) atoms. The van der Waals surface area contributed by atoms with Crippen molar-refractivity contribution in [2.75, 3.05) is 31.1 Å². The summed E-state index contributed by atoms with van der Waals surface area (Å²) in [4.78, 5) is 17.3. The average Bonchev–Trinajstić information content (AvgIpc) is 3.21. The molecule has 160 valence electrons. The number of rotatable bonds is 4. The summed E-state index contributed by atoms with van der Waals surface area (Å²) in [5.74, 6) is 0.901. The van der Waals surface area contributed by atoms with Gasteiger partial charge in [0, 0.05) is 36.6 Å². The monoisotopic (exact) mass is 437 g/mol. The molecule has 3 fully saturated rings. The van der Waals surface area contributed by atoms with Crippen molar-refractivity contribution in [1.29, 1.82) is 5.26 Å². The van der Waals surface area contributed by atoms with Gasteiger partial charge in [-0.3, -0.25) is 4.90 Å². The maximum absolute atomic E-state index is 12.8. The smallest absolute Gasteiger partial charge is 0.242 e. The van der Waals surface area contributed by atoms with Crippen LogP contribution in [-0.4, -0.2) is 66.0 Å². The first-order chi connectivity index (χ1) is 15.0. The number of aromatic nitrogens is 3. The van der Waals surface area contributed by atoms with Crippen LogP contribution < -0.4 is 9.62 Å². The first kappa shape index (κ1) is 19.0. The number of piperazine rings is 1. The van der Waals surface area contributed by atoms with E-state index in [1.54, 1.807) is 18.5 Å². The van der Waals surface area contributed by atoms with Crippen molar-refractivity contribution >= 4 is 37.8 Å². The number of H-pyrrole nitrogens is 1. The molecule has 4 heterocycles. The predicted octanol–water partition coefficient (Wildman–Crippen LogP) is 1.73. The van der Waals surface area contributed by atoms with E-state index in [2.05, 4.69) is 35.5 Å². The topological polar surface area (TPSA) is 118 Å². The van der Waals surface area contributed by atoms with E-state index in [0.29, 0.717) is 30.0 Å². The fourth-order valence-corrected chi connectivity index (χ4v) is 6.36. The van der Waals surface area contributed by atoms with Gasteiger partial charge in [0.25, 0.3) is 0 Å². The summed E-state index contributed by atoms with van der Waals surface area (Å²) in [7, 11) is -3.78. The molecule has 3 aromatic rings. The number of nitrogens with one attached hydrogen (secondary N) is 2. The lowest BCUT2D eigenvalue weighted by Gasteiger charge is -2.38. The molecule has 0 spiro atoms. The Morgan fingerprint density at radius 3 is 2.90 bits per heavy atom. The molecule has 0 bridgehead atoms. The van der Waals surface area contributed by atoms with Crippen molar-refractivity contribution in [3.63, 3.8) is 0 Å². The number of fused-ring (bicyclic) bond motifs is 4. The van der Waals surface area contributed by atoms with Gasteiger partial charge in [-0.25, -0.2) is 18.4 Å². The first-order valence-corrected chi connectivity index (χ1v) is 12.2. The average molecular weight is 438 g/mol. The second-order valence-corrected chi connectivity index (χ2v) is 10.5. The second kappa shape index (κ2) is 6.63. The zero-order valence-electron chi connectivity index (χ0n) is 17.0. The Labute approximate surface area is 180 Å². The molecule has 2 aliphatic heterocycles. The molecule has 3 aliphatic rings. The minimum atomic E-state index is -3.78. The number of anilines is 1. The van der Waals surface area contributed by atoms with Crippen LogP contribution in [0, 0.1) is 11.3 Å². The third-order valence-corrected chi connectivity index (χ3v) is 8.37. The zero-order chi connectivity index (χ0) is 21.2. The molecule has 1 saturated carbocycles. The highest BCUT2D eigenvalue weighted by atomic mass is 32.2. The number of hydrogen-bond acceptors (Lipinski definition) is 7. The Bertz CT molecular complexity index is 1340. The van der Waals surface area contributed by atoms with Crippen molar-refractivity contribution in [3.05, 3.63) is 24.5 Å². The number of nitriles is 1. The Morgan fingerprint density at radius 2 is 2.10 bits per heavy atom. The number of benzene rings is 1. The summed E-state index contributed by atoms with van der Waals surface area (Å²) < 4.78 is 28.2. The molecular weight excluding hydrogens is 414 g/mol. The zero-order valence-corrected chi connectivity index (χ0v) is 17.8. The molecule has 1 atom stereocenters. The fraction of sp³-hybridized carbons (Fsp3) is 0.476. The third kappa shape index (κ3) is 3.07. The maximum atomic E-state index is 12.8. The van der Waals surface area contributed by atoms with Crippen molar-refractivity contribution in [3.8, 4) is 6.07 Å². The number of nitrogens with zero attached hydrogens (tertiary/aromatic N) is 5. The van der Waals surface area contributed by atoms with E-state index in [4.69, 9.17) is 0 Å². The van der Waals surface area contributed by atoms with Gasteiger partial charge in [-0.15, -0.1) is 0 Å². The van der Waals surface area contributed by atoms with E-state index < -0.39 is 15.6 Å². The van der Waals surface area contributed by atoms with Crippen molar-refractivity contribution in [2.45, 2.75) is 42.2 Å². The van der Waals surface area contributed by atoms with Gasteiger partial charge in [0.15, 0.2) is 0 Å². The van der Waals surface area contributed by atoms with E-state index in [-0.39, 0.29) is 4.90 Å². The summed E-state index contributed by atoms with van der Waals surface area (Å²) in [6, 6.07) is 7.67. The number of aromatic amines is 1. The van der Waals surface area contributed by atoms with Gasteiger partial charge in [0.1, 0.15) is 23.3 Å². The molecule has 0 amide bonds. The van der Waals surface area contributed by atoms with Crippen LogP contribution in [0.4, 0.5) is 5.82 Å². The second-order valence-electron chi connectivity index (χ2n) is 8.83. The minimum Gasteiger partial charge on any atom is -0.353 e. The molecule has 1 unspecified atom stereocenters. The van der Waals surface area contributed by atoms with Crippen molar-refractivity contribution < 1.29 is 8.42 Å². The molecule has 10 heteroatoms. The van der Waals surface area contributed by atoms with Crippen LogP contribution in [0.15, 0.2) is 29.4 Å². The fourth-order valence-electron chi connectivity index (χ4n) is 4.96. The standard InChI is InChI=1S/C21H23N7O2S/c22-12-21(5-6-21)26-31(29,30)15-3-4-16-17(10-15)25-19-18(16)20(24-13-23-19)28-9-8-27-7-1-2-14(27)11-28/h3-4,10,13-14,26H,1-2,5-9,11H2,(H,23,24,25). The third-order valence-electron chi connectivity index (χ3n) is 6.83. The van der Waals surface area contributed by atoms with Crippen LogP contribution in [0.25, 0.3) is 21.9 Å². The van der Waals surface area contributed by atoms with Crippen LogP contribution >= 0.6 is 0 Å². The van der Waals surface area contributed by atoms with E-state index in [9.17, 15) is 13.7 Å². The van der Waals surface area contributed by atoms with E-state index in [1.165, 1.54) is 19.4 Å². The van der Waals surface area contributed by atoms with E-state index >= 15 is 0 Å². The lowest BCUT2D eigenvalue weighted by atomic mass is 10.1. The van der Waals surface area contributed by atoms with Gasteiger partial charge in [0.05, 0.1) is 16.4 Å². The molecule has 6 rings (SSSR count). The van der Waals surface area contributed by atoms with Crippen molar-refractivity contribution in [2.24, 2.45) is 0 Å². The molecule has 2 aromatic heterocycles. The summed E-state index contributed by atoms with van der Waals surface area (Å²) in [5.41, 5.74) is 0.447. The molecule has 1 aromatic carbocycles. The van der Waals surface area contributed by atoms with Gasteiger partial charge in [-0.2, -0.15) is 9.98 Å². The number of hydrogen-bond donors (Lipinski definition) is 2. The molecule has 9 nitrogen and oxygen atoms in total. The Morgan fingerprint density at radius 1 is 1.23 bits per heavy atom. The van der Waals surface area contributed by atoms with Crippen LogP contribution in [0.1, 0.15) is 25.7 Å². The van der Waals surface area contributed by atoms with E-state index in [0.717, 1.165) is 36.2 Å². The highest BCUT2D eigenvalue weighted by Gasteiger charge is 2.46. The number of sulfonamides is 1. The van der Waals surface area contributed by atoms with Crippen molar-refractivity contribution in [1.82, 2.24) is 24.6 Å². The largest absolute Gasteiger partial charge is 0.353 e. The van der Waals surface area contributed by atoms with Gasteiger partial charge < -0.3 is 9.88 Å². The van der Waals surface area contributed by atoms with Crippen LogP contribution in [0.3, 0.4) is 0 Å². The molecule has 0 radical (unpaired) electrons. The molecule has 1 aliphatic carbocycles. The highest BCUT2D eigenvalue weighted by molar-refractivity contribution is 7.89. The quantitative estimate of drug-likeness (QED) is 0.638. The van der Waals surface area contributed by atoms with Gasteiger partial charge in [-0.05, 0) is 44.4 Å². The summed E-state index contributed by atoms with van der Waals surface area (Å²) in [6.45, 7) is 4.09.